The third-order valence-electron chi connectivity index (χ3n) is 3.96. The summed E-state index contributed by atoms with van der Waals surface area (Å²) in [4.78, 5) is 12.1. The molecule has 2 aromatic carbocycles. The number of benzene rings is 2. The van der Waals surface area contributed by atoms with E-state index in [1.807, 2.05) is 12.1 Å². The largest absolute Gasteiger partial charge is 0.495 e. The molecule has 2 aromatic rings. The Morgan fingerprint density at radius 2 is 2.14 bits per heavy atom. The van der Waals surface area contributed by atoms with Crippen LogP contribution >= 0.6 is 0 Å². The van der Waals surface area contributed by atoms with Gasteiger partial charge in [0.2, 0.25) is 0 Å². The van der Waals surface area contributed by atoms with Crippen LogP contribution in [-0.2, 0) is 6.42 Å². The van der Waals surface area contributed by atoms with E-state index in [1.54, 1.807) is 25.3 Å². The second-order valence-electron chi connectivity index (χ2n) is 5.27. The molecular formula is C17H18N2O2. The van der Waals surface area contributed by atoms with E-state index in [0.29, 0.717) is 29.5 Å². The maximum Gasteiger partial charge on any atom is 0.251 e. The highest BCUT2D eigenvalue weighted by molar-refractivity contribution is 5.95. The summed E-state index contributed by atoms with van der Waals surface area (Å²) in [6.45, 7) is 0.655. The number of nitrogen functional groups attached to an aromatic ring is 1. The molecule has 0 aromatic heterocycles. The number of anilines is 1. The van der Waals surface area contributed by atoms with Gasteiger partial charge in [-0.1, -0.05) is 24.3 Å². The fourth-order valence-electron chi connectivity index (χ4n) is 2.74. The summed E-state index contributed by atoms with van der Waals surface area (Å²) in [6, 6.07) is 13.4. The number of carbonyl (C=O) groups is 1. The van der Waals surface area contributed by atoms with E-state index in [9.17, 15) is 4.79 Å². The third-order valence-corrected chi connectivity index (χ3v) is 3.96. The van der Waals surface area contributed by atoms with Crippen molar-refractivity contribution in [3.63, 3.8) is 0 Å². The Hall–Kier alpha value is -2.49. The fourth-order valence-corrected chi connectivity index (χ4v) is 2.74. The molecular weight excluding hydrogens is 264 g/mol. The highest BCUT2D eigenvalue weighted by Crippen LogP contribution is 2.34. The van der Waals surface area contributed by atoms with E-state index in [1.165, 1.54) is 11.1 Å². The van der Waals surface area contributed by atoms with Gasteiger partial charge < -0.3 is 15.8 Å². The van der Waals surface area contributed by atoms with Gasteiger partial charge in [-0.2, -0.15) is 0 Å². The zero-order chi connectivity index (χ0) is 14.8. The summed E-state index contributed by atoms with van der Waals surface area (Å²) in [7, 11) is 1.56. The van der Waals surface area contributed by atoms with Gasteiger partial charge in [0.15, 0.2) is 0 Å². The van der Waals surface area contributed by atoms with E-state index in [-0.39, 0.29) is 5.91 Å². The van der Waals surface area contributed by atoms with Crippen LogP contribution in [0, 0.1) is 0 Å². The molecule has 3 N–H and O–H groups in total. The van der Waals surface area contributed by atoms with Crippen molar-refractivity contribution in [2.75, 3.05) is 19.4 Å². The van der Waals surface area contributed by atoms with Crippen molar-refractivity contribution >= 4 is 11.6 Å². The molecule has 1 aliphatic rings. The maximum absolute atomic E-state index is 12.1. The van der Waals surface area contributed by atoms with E-state index < -0.39 is 0 Å². The molecule has 0 saturated heterocycles. The number of nitrogens with two attached hydrogens (primary N) is 1. The minimum absolute atomic E-state index is 0.103. The van der Waals surface area contributed by atoms with Crippen LogP contribution in [0.25, 0.3) is 0 Å². The number of methoxy groups -OCH3 is 1. The average molecular weight is 282 g/mol. The first-order valence-corrected chi connectivity index (χ1v) is 6.98. The summed E-state index contributed by atoms with van der Waals surface area (Å²) in [5.41, 5.74) is 9.57. The summed E-state index contributed by atoms with van der Waals surface area (Å²) in [6.07, 6.45) is 1.03. The Morgan fingerprint density at radius 1 is 1.33 bits per heavy atom. The molecule has 4 heteroatoms. The smallest absolute Gasteiger partial charge is 0.251 e. The number of nitrogens with one attached hydrogen (secondary N) is 1. The number of carbonyl (C=O) groups excluding carboxylic acids is 1. The number of amides is 1. The quantitative estimate of drug-likeness (QED) is 0.846. The number of ether oxygens (including phenoxy) is 1. The first-order chi connectivity index (χ1) is 10.2. The van der Waals surface area contributed by atoms with Crippen LogP contribution in [0.1, 0.15) is 27.4 Å². The normalized spacial score (nSPS) is 15.8. The zero-order valence-corrected chi connectivity index (χ0v) is 11.9. The molecule has 0 aliphatic heterocycles. The van der Waals surface area contributed by atoms with Gasteiger partial charge in [0, 0.05) is 18.0 Å². The molecule has 3 rings (SSSR count). The summed E-state index contributed by atoms with van der Waals surface area (Å²) < 4.78 is 5.09. The van der Waals surface area contributed by atoms with Crippen molar-refractivity contribution in [1.82, 2.24) is 5.32 Å². The summed E-state index contributed by atoms with van der Waals surface area (Å²) in [5.74, 6) is 0.897. The Labute approximate surface area is 123 Å². The first-order valence-electron chi connectivity index (χ1n) is 6.98. The Balaban J connectivity index is 1.62. The topological polar surface area (TPSA) is 64.3 Å². The van der Waals surface area contributed by atoms with Crippen LogP contribution in [0.2, 0.25) is 0 Å². The maximum atomic E-state index is 12.1. The van der Waals surface area contributed by atoms with Gasteiger partial charge in [-0.3, -0.25) is 4.79 Å². The predicted molar refractivity (Wildman–Crippen MR) is 82.6 cm³/mol. The van der Waals surface area contributed by atoms with Crippen molar-refractivity contribution in [3.8, 4) is 5.75 Å². The van der Waals surface area contributed by atoms with Crippen LogP contribution in [0.4, 0.5) is 5.69 Å². The molecule has 0 bridgehead atoms. The molecule has 1 amide bonds. The lowest BCUT2D eigenvalue weighted by Gasteiger charge is -2.30. The second-order valence-corrected chi connectivity index (χ2v) is 5.27. The van der Waals surface area contributed by atoms with Gasteiger partial charge in [0.25, 0.3) is 5.91 Å². The molecule has 4 nitrogen and oxygen atoms in total. The monoisotopic (exact) mass is 282 g/mol. The minimum Gasteiger partial charge on any atom is -0.495 e. The van der Waals surface area contributed by atoms with Gasteiger partial charge in [0.05, 0.1) is 12.8 Å². The Kier molecular flexibility index (Phi) is 3.52. The van der Waals surface area contributed by atoms with Crippen molar-refractivity contribution in [3.05, 3.63) is 59.2 Å². The molecule has 0 spiro atoms. The molecule has 21 heavy (non-hydrogen) atoms. The molecule has 0 radical (unpaired) electrons. The van der Waals surface area contributed by atoms with E-state index >= 15 is 0 Å². The molecule has 1 atom stereocenters. The fraction of sp³-hybridized carbons (Fsp3) is 0.235. The number of hydrogen-bond donors (Lipinski definition) is 2. The average Bonchev–Trinajstić information content (AvgIpc) is 2.48. The second kappa shape index (κ2) is 5.48. The number of rotatable bonds is 4. The van der Waals surface area contributed by atoms with E-state index in [4.69, 9.17) is 10.5 Å². The number of hydrogen-bond acceptors (Lipinski definition) is 3. The minimum atomic E-state index is -0.103. The van der Waals surface area contributed by atoms with Crippen LogP contribution in [0.15, 0.2) is 42.5 Å². The van der Waals surface area contributed by atoms with Gasteiger partial charge in [-0.05, 0) is 35.7 Å². The molecule has 1 unspecified atom stereocenters. The number of fused-ring (bicyclic) bond motifs is 1. The SMILES string of the molecule is COc1ccc(C(=O)NCC2Cc3ccccc32)cc1N. The van der Waals surface area contributed by atoms with Gasteiger partial charge in [0.1, 0.15) is 5.75 Å². The van der Waals surface area contributed by atoms with Crippen molar-refractivity contribution in [2.24, 2.45) is 0 Å². The van der Waals surface area contributed by atoms with Crippen LogP contribution in [0.3, 0.4) is 0 Å². The Bertz CT molecular complexity index is 682. The predicted octanol–water partition coefficient (Wildman–Crippen LogP) is 2.35. The van der Waals surface area contributed by atoms with E-state index in [2.05, 4.69) is 17.4 Å². The summed E-state index contributed by atoms with van der Waals surface area (Å²) >= 11 is 0. The lowest BCUT2D eigenvalue weighted by Crippen LogP contribution is -2.33. The highest BCUT2D eigenvalue weighted by atomic mass is 16.5. The first kappa shape index (κ1) is 13.5. The van der Waals surface area contributed by atoms with Crippen molar-refractivity contribution < 1.29 is 9.53 Å². The lowest BCUT2D eigenvalue weighted by atomic mass is 9.77. The van der Waals surface area contributed by atoms with Gasteiger partial charge in [-0.15, -0.1) is 0 Å². The third kappa shape index (κ3) is 2.57. The summed E-state index contributed by atoms with van der Waals surface area (Å²) in [5, 5.41) is 2.97. The van der Waals surface area contributed by atoms with Crippen LogP contribution < -0.4 is 15.8 Å². The Morgan fingerprint density at radius 3 is 2.86 bits per heavy atom. The molecule has 0 heterocycles. The standard InChI is InChI=1S/C17H18N2O2/c1-21-16-7-6-12(9-15(16)18)17(20)19-10-13-8-11-4-2-3-5-14(11)13/h2-7,9,13H,8,10,18H2,1H3,(H,19,20). The van der Waals surface area contributed by atoms with Crippen LogP contribution in [-0.4, -0.2) is 19.6 Å². The van der Waals surface area contributed by atoms with Crippen molar-refractivity contribution in [1.29, 1.82) is 0 Å². The van der Waals surface area contributed by atoms with Gasteiger partial charge in [-0.25, -0.2) is 0 Å². The zero-order valence-electron chi connectivity index (χ0n) is 11.9. The van der Waals surface area contributed by atoms with Crippen LogP contribution in [0.5, 0.6) is 5.75 Å². The lowest BCUT2D eigenvalue weighted by molar-refractivity contribution is 0.0950. The molecule has 0 fully saturated rings. The van der Waals surface area contributed by atoms with Crippen molar-refractivity contribution in [2.45, 2.75) is 12.3 Å². The molecule has 0 saturated carbocycles. The highest BCUT2D eigenvalue weighted by Gasteiger charge is 2.25. The van der Waals surface area contributed by atoms with E-state index in [0.717, 1.165) is 6.42 Å². The molecule has 108 valence electrons. The van der Waals surface area contributed by atoms with Gasteiger partial charge >= 0.3 is 0 Å². The molecule has 1 aliphatic carbocycles.